The van der Waals surface area contributed by atoms with E-state index in [4.69, 9.17) is 5.73 Å². The fourth-order valence-corrected chi connectivity index (χ4v) is 3.61. The van der Waals surface area contributed by atoms with Gasteiger partial charge in [-0.05, 0) is 39.3 Å². The van der Waals surface area contributed by atoms with Gasteiger partial charge in [-0.15, -0.1) is 11.3 Å². The number of rotatable bonds is 5. The predicted octanol–water partition coefficient (Wildman–Crippen LogP) is 2.48. The molecule has 0 aromatic carbocycles. The average Bonchev–Trinajstić information content (AvgIpc) is 2.98. The number of nitrogens with two attached hydrogens (primary N) is 1. The number of likely N-dealkylation sites (tertiary alicyclic amines) is 1. The van der Waals surface area contributed by atoms with Crippen molar-refractivity contribution in [1.82, 2.24) is 9.88 Å². The van der Waals surface area contributed by atoms with E-state index in [9.17, 15) is 0 Å². The second-order valence-electron chi connectivity index (χ2n) is 5.74. The Balaban J connectivity index is 1.89. The van der Waals surface area contributed by atoms with Crippen molar-refractivity contribution in [2.45, 2.75) is 45.6 Å². The van der Waals surface area contributed by atoms with Gasteiger partial charge in [0.25, 0.3) is 0 Å². The Morgan fingerprint density at radius 1 is 1.50 bits per heavy atom. The maximum Gasteiger partial charge on any atom is 0.0931 e. The van der Waals surface area contributed by atoms with Crippen molar-refractivity contribution in [2.75, 3.05) is 19.6 Å². The molecule has 0 bridgehead atoms. The molecule has 2 atom stereocenters. The lowest BCUT2D eigenvalue weighted by Gasteiger charge is -2.19. The summed E-state index contributed by atoms with van der Waals surface area (Å²) in [6, 6.07) is 0.680. The average molecular weight is 267 g/mol. The van der Waals surface area contributed by atoms with Crippen LogP contribution in [0.2, 0.25) is 0 Å². The number of hydrogen-bond acceptors (Lipinski definition) is 4. The van der Waals surface area contributed by atoms with Crippen LogP contribution in [0.5, 0.6) is 0 Å². The van der Waals surface area contributed by atoms with Gasteiger partial charge in [0.15, 0.2) is 0 Å². The Morgan fingerprint density at radius 2 is 2.28 bits per heavy atom. The van der Waals surface area contributed by atoms with Crippen LogP contribution in [0.25, 0.3) is 0 Å². The van der Waals surface area contributed by atoms with Gasteiger partial charge in [0.1, 0.15) is 0 Å². The minimum absolute atomic E-state index is 0.451. The van der Waals surface area contributed by atoms with Crippen LogP contribution in [-0.2, 0) is 6.42 Å². The summed E-state index contributed by atoms with van der Waals surface area (Å²) in [5.41, 5.74) is 5.70. The first-order chi connectivity index (χ1) is 8.60. The minimum Gasteiger partial charge on any atom is -0.330 e. The lowest BCUT2D eigenvalue weighted by molar-refractivity contribution is 0.265. The molecular formula is C14H25N3S. The SMILES string of the molecule is CC(CN)c1cnc(CC2CCN(C(C)C)C2)s1. The summed E-state index contributed by atoms with van der Waals surface area (Å²) < 4.78 is 0. The minimum atomic E-state index is 0.451. The summed E-state index contributed by atoms with van der Waals surface area (Å²) in [7, 11) is 0. The number of aromatic nitrogens is 1. The summed E-state index contributed by atoms with van der Waals surface area (Å²) in [5.74, 6) is 1.24. The summed E-state index contributed by atoms with van der Waals surface area (Å²) in [5, 5.41) is 1.29. The normalized spacial score (nSPS) is 22.8. The van der Waals surface area contributed by atoms with E-state index >= 15 is 0 Å². The monoisotopic (exact) mass is 267 g/mol. The van der Waals surface area contributed by atoms with Crippen LogP contribution in [0.1, 0.15) is 43.0 Å². The van der Waals surface area contributed by atoms with Crippen LogP contribution < -0.4 is 5.73 Å². The highest BCUT2D eigenvalue weighted by atomic mass is 32.1. The molecule has 2 unspecified atom stereocenters. The van der Waals surface area contributed by atoms with Crippen LogP contribution in [0.3, 0.4) is 0 Å². The fraction of sp³-hybridized carbons (Fsp3) is 0.786. The summed E-state index contributed by atoms with van der Waals surface area (Å²) >= 11 is 1.85. The summed E-state index contributed by atoms with van der Waals surface area (Å²) in [4.78, 5) is 8.47. The zero-order chi connectivity index (χ0) is 13.1. The van der Waals surface area contributed by atoms with Crippen molar-refractivity contribution < 1.29 is 0 Å². The first-order valence-electron chi connectivity index (χ1n) is 6.98. The molecule has 0 spiro atoms. The van der Waals surface area contributed by atoms with E-state index in [1.165, 1.54) is 29.4 Å². The molecular weight excluding hydrogens is 242 g/mol. The van der Waals surface area contributed by atoms with E-state index in [1.807, 2.05) is 17.5 Å². The first kappa shape index (κ1) is 14.0. The molecule has 0 saturated carbocycles. The second-order valence-corrected chi connectivity index (χ2v) is 6.89. The maximum atomic E-state index is 5.70. The smallest absolute Gasteiger partial charge is 0.0931 e. The quantitative estimate of drug-likeness (QED) is 0.891. The molecule has 1 aliphatic rings. The van der Waals surface area contributed by atoms with Gasteiger partial charge in [-0.1, -0.05) is 6.92 Å². The molecule has 18 heavy (non-hydrogen) atoms. The molecule has 2 rings (SSSR count). The van der Waals surface area contributed by atoms with Crippen LogP contribution in [0, 0.1) is 5.92 Å². The zero-order valence-corrected chi connectivity index (χ0v) is 12.5. The third-order valence-electron chi connectivity index (χ3n) is 3.92. The Morgan fingerprint density at radius 3 is 2.89 bits per heavy atom. The van der Waals surface area contributed by atoms with E-state index in [-0.39, 0.29) is 0 Å². The van der Waals surface area contributed by atoms with Crippen molar-refractivity contribution in [3.8, 4) is 0 Å². The van der Waals surface area contributed by atoms with E-state index in [2.05, 4.69) is 30.7 Å². The lowest BCUT2D eigenvalue weighted by atomic mass is 10.1. The second kappa shape index (κ2) is 6.13. The van der Waals surface area contributed by atoms with E-state index in [0.29, 0.717) is 18.5 Å². The Labute approximate surface area is 114 Å². The highest BCUT2D eigenvalue weighted by molar-refractivity contribution is 7.11. The third kappa shape index (κ3) is 3.31. The van der Waals surface area contributed by atoms with E-state index < -0.39 is 0 Å². The molecule has 102 valence electrons. The molecule has 3 nitrogen and oxygen atoms in total. The van der Waals surface area contributed by atoms with Crippen LogP contribution in [0.15, 0.2) is 6.20 Å². The van der Waals surface area contributed by atoms with Crippen molar-refractivity contribution in [3.63, 3.8) is 0 Å². The molecule has 2 N–H and O–H groups in total. The Kier molecular flexibility index (Phi) is 4.76. The molecule has 0 radical (unpaired) electrons. The number of thiazole rings is 1. The molecule has 2 heterocycles. The van der Waals surface area contributed by atoms with Crippen molar-refractivity contribution >= 4 is 11.3 Å². The van der Waals surface area contributed by atoms with Gasteiger partial charge in [-0.2, -0.15) is 0 Å². The van der Waals surface area contributed by atoms with Crippen LogP contribution in [0.4, 0.5) is 0 Å². The highest BCUT2D eigenvalue weighted by Gasteiger charge is 2.25. The molecule has 1 fully saturated rings. The lowest BCUT2D eigenvalue weighted by Crippen LogP contribution is -2.28. The Hall–Kier alpha value is -0.450. The number of hydrogen-bond donors (Lipinski definition) is 1. The van der Waals surface area contributed by atoms with Crippen molar-refractivity contribution in [3.05, 3.63) is 16.1 Å². The van der Waals surface area contributed by atoms with Crippen molar-refractivity contribution in [1.29, 1.82) is 0 Å². The van der Waals surface area contributed by atoms with Gasteiger partial charge in [0, 0.05) is 36.0 Å². The van der Waals surface area contributed by atoms with Gasteiger partial charge in [-0.25, -0.2) is 4.98 Å². The van der Waals surface area contributed by atoms with Gasteiger partial charge in [0.05, 0.1) is 5.01 Å². The molecule has 1 aliphatic heterocycles. The van der Waals surface area contributed by atoms with E-state index in [1.54, 1.807) is 0 Å². The van der Waals surface area contributed by atoms with Crippen molar-refractivity contribution in [2.24, 2.45) is 11.7 Å². The standard InChI is InChI=1S/C14H25N3S/c1-10(2)17-5-4-12(9-17)6-14-16-8-13(18-14)11(3)7-15/h8,10-12H,4-7,9,15H2,1-3H3. The van der Waals surface area contributed by atoms with E-state index in [0.717, 1.165) is 12.3 Å². The van der Waals surface area contributed by atoms with Gasteiger partial charge < -0.3 is 10.6 Å². The zero-order valence-electron chi connectivity index (χ0n) is 11.7. The largest absolute Gasteiger partial charge is 0.330 e. The molecule has 1 aromatic rings. The molecule has 4 heteroatoms. The van der Waals surface area contributed by atoms with Gasteiger partial charge >= 0.3 is 0 Å². The topological polar surface area (TPSA) is 42.1 Å². The molecule has 0 aliphatic carbocycles. The third-order valence-corrected chi connectivity index (χ3v) is 5.17. The Bertz CT molecular complexity index is 375. The fourth-order valence-electron chi connectivity index (χ4n) is 2.51. The molecule has 1 aromatic heterocycles. The molecule has 1 saturated heterocycles. The summed E-state index contributed by atoms with van der Waals surface area (Å²) in [6.45, 7) is 9.94. The maximum absolute atomic E-state index is 5.70. The van der Waals surface area contributed by atoms with Gasteiger partial charge in [0.2, 0.25) is 0 Å². The number of nitrogens with zero attached hydrogens (tertiary/aromatic N) is 2. The molecule has 0 amide bonds. The van der Waals surface area contributed by atoms with Gasteiger partial charge in [-0.3, -0.25) is 0 Å². The van der Waals surface area contributed by atoms with Crippen LogP contribution >= 0.6 is 11.3 Å². The van der Waals surface area contributed by atoms with Crippen LogP contribution in [-0.4, -0.2) is 35.6 Å². The predicted molar refractivity (Wildman–Crippen MR) is 78.1 cm³/mol. The summed E-state index contributed by atoms with van der Waals surface area (Å²) in [6.07, 6.45) is 4.48. The first-order valence-corrected chi connectivity index (χ1v) is 7.80. The highest BCUT2D eigenvalue weighted by Crippen LogP contribution is 2.27.